The number of hydrogen-bond acceptors (Lipinski definition) is 5. The number of sulfonamides is 1. The summed E-state index contributed by atoms with van der Waals surface area (Å²) in [5, 5.41) is 3.13. The second kappa shape index (κ2) is 6.49. The van der Waals surface area contributed by atoms with Gasteiger partial charge in [-0.05, 0) is 6.92 Å². The molecule has 0 saturated carbocycles. The fourth-order valence-corrected chi connectivity index (χ4v) is 4.46. The topological polar surface area (TPSA) is 53.5 Å². The molecule has 8 heteroatoms. The van der Waals surface area contributed by atoms with E-state index in [1.807, 2.05) is 6.92 Å². The summed E-state index contributed by atoms with van der Waals surface area (Å²) in [5.41, 5.74) is 1.07. The lowest BCUT2D eigenvalue weighted by molar-refractivity contribution is 0.180. The SMILES string of the molecule is Cc1nc(CN2CCN(S(=O)(=O)CCCl)CC2)cs1. The predicted molar refractivity (Wildman–Crippen MR) is 78.2 cm³/mol. The second-order valence-electron chi connectivity index (χ2n) is 4.54. The van der Waals surface area contributed by atoms with Crippen molar-refractivity contribution in [2.24, 2.45) is 0 Å². The zero-order chi connectivity index (χ0) is 13.9. The molecule has 19 heavy (non-hydrogen) atoms. The van der Waals surface area contributed by atoms with Crippen LogP contribution in [-0.2, 0) is 16.6 Å². The van der Waals surface area contributed by atoms with Gasteiger partial charge in [0, 0.05) is 44.0 Å². The van der Waals surface area contributed by atoms with Crippen molar-refractivity contribution in [3.8, 4) is 0 Å². The Hall–Kier alpha value is -0.210. The van der Waals surface area contributed by atoms with Gasteiger partial charge < -0.3 is 0 Å². The molecular formula is C11H18ClN3O2S2. The lowest BCUT2D eigenvalue weighted by Crippen LogP contribution is -2.49. The Kier molecular flexibility index (Phi) is 5.19. The monoisotopic (exact) mass is 323 g/mol. The first kappa shape index (κ1) is 15.2. The maximum absolute atomic E-state index is 11.9. The van der Waals surface area contributed by atoms with E-state index in [-0.39, 0.29) is 11.6 Å². The van der Waals surface area contributed by atoms with Gasteiger partial charge in [0.05, 0.1) is 16.5 Å². The Morgan fingerprint density at radius 1 is 1.37 bits per heavy atom. The van der Waals surface area contributed by atoms with Gasteiger partial charge in [-0.25, -0.2) is 13.4 Å². The number of halogens is 1. The van der Waals surface area contributed by atoms with Crippen molar-refractivity contribution in [3.05, 3.63) is 16.1 Å². The summed E-state index contributed by atoms with van der Waals surface area (Å²) in [4.78, 5) is 6.67. The van der Waals surface area contributed by atoms with Crippen LogP contribution < -0.4 is 0 Å². The van der Waals surface area contributed by atoms with Crippen LogP contribution in [-0.4, -0.2) is 60.4 Å². The highest BCUT2D eigenvalue weighted by Gasteiger charge is 2.26. The van der Waals surface area contributed by atoms with Crippen LogP contribution in [0.2, 0.25) is 0 Å². The van der Waals surface area contributed by atoms with E-state index in [0.717, 1.165) is 30.3 Å². The average molecular weight is 324 g/mol. The third kappa shape index (κ3) is 4.13. The van der Waals surface area contributed by atoms with Gasteiger partial charge in [-0.2, -0.15) is 4.31 Å². The minimum absolute atomic E-state index is 0.0276. The van der Waals surface area contributed by atoms with Gasteiger partial charge in [0.1, 0.15) is 0 Å². The summed E-state index contributed by atoms with van der Waals surface area (Å²) in [7, 11) is -3.16. The first-order chi connectivity index (χ1) is 9.01. The molecule has 0 bridgehead atoms. The molecule has 1 aliphatic rings. The van der Waals surface area contributed by atoms with Crippen molar-refractivity contribution in [1.29, 1.82) is 0 Å². The summed E-state index contributed by atoms with van der Waals surface area (Å²) < 4.78 is 25.3. The van der Waals surface area contributed by atoms with Crippen molar-refractivity contribution in [2.45, 2.75) is 13.5 Å². The molecule has 0 unspecified atom stereocenters. The molecule has 1 aromatic heterocycles. The first-order valence-electron chi connectivity index (χ1n) is 6.18. The van der Waals surface area contributed by atoms with E-state index >= 15 is 0 Å². The molecule has 0 radical (unpaired) electrons. The third-order valence-corrected chi connectivity index (χ3v) is 6.22. The number of aromatic nitrogens is 1. The van der Waals surface area contributed by atoms with Gasteiger partial charge in [0.2, 0.25) is 10.0 Å². The molecule has 0 atom stereocenters. The standard InChI is InChI=1S/C11H18ClN3O2S2/c1-10-13-11(9-18-10)8-14-3-5-15(6-4-14)19(16,17)7-2-12/h9H,2-8H2,1H3. The van der Waals surface area contributed by atoms with Crippen LogP contribution in [0.15, 0.2) is 5.38 Å². The van der Waals surface area contributed by atoms with E-state index in [9.17, 15) is 8.42 Å². The van der Waals surface area contributed by atoms with E-state index in [4.69, 9.17) is 11.6 Å². The van der Waals surface area contributed by atoms with Crippen molar-refractivity contribution < 1.29 is 8.42 Å². The Labute approximate surface area is 123 Å². The van der Waals surface area contributed by atoms with Crippen LogP contribution in [0, 0.1) is 6.92 Å². The quantitative estimate of drug-likeness (QED) is 0.763. The summed E-state index contributed by atoms with van der Waals surface area (Å²) in [5.74, 6) is 0.181. The molecular weight excluding hydrogens is 306 g/mol. The molecule has 2 rings (SSSR count). The molecule has 0 N–H and O–H groups in total. The van der Waals surface area contributed by atoms with Gasteiger partial charge in [-0.15, -0.1) is 22.9 Å². The van der Waals surface area contributed by atoms with Crippen molar-refractivity contribution in [2.75, 3.05) is 37.8 Å². The molecule has 108 valence electrons. The molecule has 1 saturated heterocycles. The number of piperazine rings is 1. The third-order valence-electron chi connectivity index (χ3n) is 3.11. The predicted octanol–water partition coefficient (Wildman–Crippen LogP) is 1.14. The highest BCUT2D eigenvalue weighted by Crippen LogP contribution is 2.14. The molecule has 5 nitrogen and oxygen atoms in total. The highest BCUT2D eigenvalue weighted by molar-refractivity contribution is 7.89. The molecule has 1 aliphatic heterocycles. The Morgan fingerprint density at radius 3 is 2.58 bits per heavy atom. The van der Waals surface area contributed by atoms with Crippen molar-refractivity contribution >= 4 is 33.0 Å². The Balaban J connectivity index is 1.86. The maximum atomic E-state index is 11.9. The van der Waals surface area contributed by atoms with E-state index in [1.54, 1.807) is 11.3 Å². The zero-order valence-corrected chi connectivity index (χ0v) is 13.3. The molecule has 1 aromatic rings. The molecule has 0 amide bonds. The molecule has 0 aromatic carbocycles. The lowest BCUT2D eigenvalue weighted by atomic mass is 10.3. The maximum Gasteiger partial charge on any atom is 0.215 e. The van der Waals surface area contributed by atoms with Crippen molar-refractivity contribution in [1.82, 2.24) is 14.2 Å². The van der Waals surface area contributed by atoms with Gasteiger partial charge >= 0.3 is 0 Å². The second-order valence-corrected chi connectivity index (χ2v) is 8.07. The van der Waals surface area contributed by atoms with Crippen LogP contribution in [0.5, 0.6) is 0 Å². The largest absolute Gasteiger partial charge is 0.295 e. The molecule has 0 aliphatic carbocycles. The Bertz CT molecular complexity index is 510. The summed E-state index contributed by atoms with van der Waals surface area (Å²) in [6, 6.07) is 0. The smallest absolute Gasteiger partial charge is 0.215 e. The number of hydrogen-bond donors (Lipinski definition) is 0. The fraction of sp³-hybridized carbons (Fsp3) is 0.727. The first-order valence-corrected chi connectivity index (χ1v) is 9.21. The minimum atomic E-state index is -3.16. The van der Waals surface area contributed by atoms with Gasteiger partial charge in [-0.3, -0.25) is 4.90 Å². The highest BCUT2D eigenvalue weighted by atomic mass is 35.5. The fourth-order valence-electron chi connectivity index (χ4n) is 2.10. The van der Waals surface area contributed by atoms with Crippen LogP contribution in [0.1, 0.15) is 10.7 Å². The van der Waals surface area contributed by atoms with Crippen LogP contribution in [0.25, 0.3) is 0 Å². The van der Waals surface area contributed by atoms with Crippen LogP contribution in [0.3, 0.4) is 0 Å². The average Bonchev–Trinajstić information content (AvgIpc) is 2.75. The van der Waals surface area contributed by atoms with Gasteiger partial charge in [0.25, 0.3) is 0 Å². The molecule has 2 heterocycles. The number of alkyl halides is 1. The number of rotatable bonds is 5. The number of nitrogens with zero attached hydrogens (tertiary/aromatic N) is 3. The number of thiazole rings is 1. The summed E-state index contributed by atoms with van der Waals surface area (Å²) in [6.07, 6.45) is 0. The minimum Gasteiger partial charge on any atom is -0.295 e. The van der Waals surface area contributed by atoms with E-state index in [1.165, 1.54) is 4.31 Å². The summed E-state index contributed by atoms with van der Waals surface area (Å²) >= 11 is 7.17. The van der Waals surface area contributed by atoms with Gasteiger partial charge in [-0.1, -0.05) is 0 Å². The summed E-state index contributed by atoms with van der Waals surface area (Å²) in [6.45, 7) is 5.37. The van der Waals surface area contributed by atoms with Crippen LogP contribution >= 0.6 is 22.9 Å². The van der Waals surface area contributed by atoms with Crippen LogP contribution in [0.4, 0.5) is 0 Å². The zero-order valence-electron chi connectivity index (χ0n) is 10.9. The Morgan fingerprint density at radius 2 is 2.05 bits per heavy atom. The van der Waals surface area contributed by atoms with E-state index < -0.39 is 10.0 Å². The van der Waals surface area contributed by atoms with E-state index in [0.29, 0.717) is 13.1 Å². The van der Waals surface area contributed by atoms with Gasteiger partial charge in [0.15, 0.2) is 0 Å². The number of aryl methyl sites for hydroxylation is 1. The lowest BCUT2D eigenvalue weighted by Gasteiger charge is -2.33. The molecule has 0 spiro atoms. The van der Waals surface area contributed by atoms with Crippen molar-refractivity contribution in [3.63, 3.8) is 0 Å². The normalized spacial score (nSPS) is 18.8. The van der Waals surface area contributed by atoms with E-state index in [2.05, 4.69) is 15.3 Å². The molecule has 1 fully saturated rings.